The van der Waals surface area contributed by atoms with Crippen LogP contribution in [0.15, 0.2) is 48.5 Å². The van der Waals surface area contributed by atoms with Crippen LogP contribution in [0.5, 0.6) is 5.75 Å². The van der Waals surface area contributed by atoms with Crippen molar-refractivity contribution in [2.75, 3.05) is 13.2 Å². The zero-order valence-corrected chi connectivity index (χ0v) is 24.2. The number of aryl methyl sites for hydroxylation is 3. The second-order valence-corrected chi connectivity index (χ2v) is 12.2. The molecule has 1 aliphatic carbocycles. The predicted molar refractivity (Wildman–Crippen MR) is 159 cm³/mol. The van der Waals surface area contributed by atoms with Gasteiger partial charge < -0.3 is 15.2 Å². The second-order valence-electron chi connectivity index (χ2n) is 11.0. The van der Waals surface area contributed by atoms with E-state index in [0.29, 0.717) is 17.4 Å². The Hall–Kier alpha value is -3.12. The van der Waals surface area contributed by atoms with Crippen LogP contribution in [0.1, 0.15) is 89.0 Å². The minimum atomic E-state index is -0.918. The molecule has 1 atom stereocenters. The maximum absolute atomic E-state index is 12.2. The summed E-state index contributed by atoms with van der Waals surface area (Å²) in [6.07, 6.45) is 8.51. The number of amides is 1. The maximum Gasteiger partial charge on any atom is 0.305 e. The number of hydrogen-bond acceptors (Lipinski definition) is 4. The van der Waals surface area contributed by atoms with E-state index >= 15 is 0 Å². The minimum Gasteiger partial charge on any atom is -0.493 e. The Kier molecular flexibility index (Phi) is 10.2. The highest BCUT2D eigenvalue weighted by Gasteiger charge is 2.16. The van der Waals surface area contributed by atoms with Crippen molar-refractivity contribution in [2.24, 2.45) is 5.92 Å². The van der Waals surface area contributed by atoms with Gasteiger partial charge in [-0.25, -0.2) is 0 Å². The van der Waals surface area contributed by atoms with Crippen molar-refractivity contribution in [1.82, 2.24) is 5.32 Å². The van der Waals surface area contributed by atoms with Gasteiger partial charge in [0.05, 0.1) is 17.9 Å². The van der Waals surface area contributed by atoms with Crippen molar-refractivity contribution in [3.8, 4) is 16.9 Å². The molecular formula is C33H41NO4S. The van der Waals surface area contributed by atoms with Crippen molar-refractivity contribution in [3.05, 3.63) is 75.0 Å². The van der Waals surface area contributed by atoms with Crippen molar-refractivity contribution < 1.29 is 19.4 Å². The summed E-state index contributed by atoms with van der Waals surface area (Å²) in [5.74, 6) is 0.880. The van der Waals surface area contributed by atoms with Crippen LogP contribution in [0.2, 0.25) is 0 Å². The van der Waals surface area contributed by atoms with Gasteiger partial charge in [0.1, 0.15) is 5.75 Å². The molecule has 1 fully saturated rings. The smallest absolute Gasteiger partial charge is 0.305 e. The molecule has 208 valence electrons. The zero-order valence-electron chi connectivity index (χ0n) is 23.4. The molecule has 6 heteroatoms. The molecule has 0 saturated heterocycles. The highest BCUT2D eigenvalue weighted by Crippen LogP contribution is 2.36. The first-order valence-corrected chi connectivity index (χ1v) is 15.0. The first-order chi connectivity index (χ1) is 18.8. The van der Waals surface area contributed by atoms with Crippen LogP contribution in [-0.4, -0.2) is 30.1 Å². The lowest BCUT2D eigenvalue weighted by Gasteiger charge is -2.22. The molecule has 0 spiro atoms. The molecule has 39 heavy (non-hydrogen) atoms. The van der Waals surface area contributed by atoms with Gasteiger partial charge in [0.2, 0.25) is 0 Å². The number of carbonyl (C=O) groups excluding carboxylic acids is 1. The van der Waals surface area contributed by atoms with Crippen LogP contribution in [0, 0.1) is 19.8 Å². The number of thiophene rings is 1. The van der Waals surface area contributed by atoms with Crippen LogP contribution in [0.25, 0.3) is 11.1 Å². The van der Waals surface area contributed by atoms with Crippen molar-refractivity contribution in [1.29, 1.82) is 0 Å². The van der Waals surface area contributed by atoms with Gasteiger partial charge in [-0.05, 0) is 103 Å². The van der Waals surface area contributed by atoms with Gasteiger partial charge >= 0.3 is 5.97 Å². The topological polar surface area (TPSA) is 75.6 Å². The van der Waals surface area contributed by atoms with Crippen molar-refractivity contribution in [2.45, 2.75) is 78.1 Å². The lowest BCUT2D eigenvalue weighted by Crippen LogP contribution is -2.25. The first-order valence-electron chi connectivity index (χ1n) is 14.2. The number of nitrogens with one attached hydrogen (secondary N) is 1. The van der Waals surface area contributed by atoms with E-state index in [-0.39, 0.29) is 18.9 Å². The van der Waals surface area contributed by atoms with E-state index in [1.165, 1.54) is 71.3 Å². The highest BCUT2D eigenvalue weighted by molar-refractivity contribution is 7.14. The van der Waals surface area contributed by atoms with Crippen LogP contribution in [0.3, 0.4) is 0 Å². The monoisotopic (exact) mass is 547 g/mol. The fraction of sp³-hybridized carbons (Fsp3) is 0.455. The first kappa shape index (κ1) is 28.9. The van der Waals surface area contributed by atoms with Gasteiger partial charge in [-0.1, -0.05) is 50.5 Å². The normalized spacial score (nSPS) is 14.6. The average molecular weight is 548 g/mol. The zero-order chi connectivity index (χ0) is 27.8. The van der Waals surface area contributed by atoms with E-state index in [2.05, 4.69) is 62.5 Å². The summed E-state index contributed by atoms with van der Waals surface area (Å²) in [5, 5.41) is 11.4. The molecule has 1 aliphatic rings. The van der Waals surface area contributed by atoms with E-state index in [0.717, 1.165) is 29.4 Å². The van der Waals surface area contributed by atoms with Crippen LogP contribution >= 0.6 is 11.3 Å². The van der Waals surface area contributed by atoms with E-state index < -0.39 is 5.97 Å². The summed E-state index contributed by atoms with van der Waals surface area (Å²) >= 11 is 1.47. The maximum atomic E-state index is 12.2. The Morgan fingerprint density at radius 2 is 1.72 bits per heavy atom. The molecule has 1 aromatic heterocycles. The molecular weight excluding hydrogens is 506 g/mol. The number of hydrogen-bond donors (Lipinski definition) is 2. The predicted octanol–water partition coefficient (Wildman–Crippen LogP) is 7.93. The summed E-state index contributed by atoms with van der Waals surface area (Å²) in [5.41, 5.74) is 6.52. The Labute approximate surface area is 236 Å². The summed E-state index contributed by atoms with van der Waals surface area (Å²) in [6.45, 7) is 7.30. The molecule has 0 bridgehead atoms. The summed E-state index contributed by atoms with van der Waals surface area (Å²) in [6, 6.07) is 17.3. The molecule has 4 rings (SSSR count). The lowest BCUT2D eigenvalue weighted by molar-refractivity contribution is -0.136. The molecule has 1 amide bonds. The molecule has 2 aromatic carbocycles. The van der Waals surface area contributed by atoms with Crippen molar-refractivity contribution in [3.63, 3.8) is 0 Å². The SMILES string of the molecule is Cc1cc(OCC(C)CCc2ccc(C(=O)NCCC(=O)O)s2)cc(C)c1-c1ccc(C2CCCCC2)cc1. The third-order valence-electron chi connectivity index (χ3n) is 7.71. The number of rotatable bonds is 12. The Morgan fingerprint density at radius 1 is 1.03 bits per heavy atom. The Bertz CT molecular complexity index is 1230. The van der Waals surface area contributed by atoms with Gasteiger partial charge in [0.25, 0.3) is 5.91 Å². The molecule has 2 N–H and O–H groups in total. The van der Waals surface area contributed by atoms with Gasteiger partial charge in [-0.3, -0.25) is 9.59 Å². The Morgan fingerprint density at radius 3 is 2.38 bits per heavy atom. The van der Waals surface area contributed by atoms with Gasteiger partial charge in [0, 0.05) is 11.4 Å². The lowest BCUT2D eigenvalue weighted by atomic mass is 9.83. The van der Waals surface area contributed by atoms with Crippen LogP contribution < -0.4 is 10.1 Å². The number of carbonyl (C=O) groups is 2. The van der Waals surface area contributed by atoms with E-state index in [1.807, 2.05) is 12.1 Å². The number of carboxylic acids is 1. The quantitative estimate of drug-likeness (QED) is 0.241. The van der Waals surface area contributed by atoms with E-state index in [4.69, 9.17) is 9.84 Å². The fourth-order valence-corrected chi connectivity index (χ4v) is 6.47. The third kappa shape index (κ3) is 8.18. The standard InChI is InChI=1S/C33H41NO4S/c1-22(9-14-29-15-16-30(39-29)33(37)34-18-17-31(35)36)21-38-28-19-23(2)32(24(3)20-28)27-12-10-26(11-13-27)25-7-5-4-6-8-25/h10-13,15-16,19-20,22,25H,4-9,14,17-18,21H2,1-3H3,(H,34,37)(H,35,36). The van der Waals surface area contributed by atoms with Gasteiger partial charge in [0.15, 0.2) is 0 Å². The highest BCUT2D eigenvalue weighted by atomic mass is 32.1. The van der Waals surface area contributed by atoms with Crippen molar-refractivity contribution >= 4 is 23.2 Å². The largest absolute Gasteiger partial charge is 0.493 e. The summed E-state index contributed by atoms with van der Waals surface area (Å²) in [7, 11) is 0. The van der Waals surface area contributed by atoms with E-state index in [1.54, 1.807) is 0 Å². The summed E-state index contributed by atoms with van der Waals surface area (Å²) < 4.78 is 6.21. The number of ether oxygens (including phenoxy) is 1. The Balaban J connectivity index is 1.27. The fourth-order valence-electron chi connectivity index (χ4n) is 5.54. The number of benzene rings is 2. The molecule has 0 aliphatic heterocycles. The molecule has 1 saturated carbocycles. The average Bonchev–Trinajstić information content (AvgIpc) is 3.40. The van der Waals surface area contributed by atoms with Gasteiger partial charge in [-0.2, -0.15) is 0 Å². The molecule has 0 radical (unpaired) electrons. The number of aliphatic carboxylic acids is 1. The molecule has 5 nitrogen and oxygen atoms in total. The molecule has 3 aromatic rings. The summed E-state index contributed by atoms with van der Waals surface area (Å²) in [4.78, 5) is 24.6. The van der Waals surface area contributed by atoms with Crippen LogP contribution in [-0.2, 0) is 11.2 Å². The third-order valence-corrected chi connectivity index (χ3v) is 8.85. The second kappa shape index (κ2) is 13.8. The van der Waals surface area contributed by atoms with Gasteiger partial charge in [-0.15, -0.1) is 11.3 Å². The minimum absolute atomic E-state index is 0.0727. The number of carboxylic acid groups (broad SMARTS) is 1. The molecule has 1 unspecified atom stereocenters. The van der Waals surface area contributed by atoms with Crippen LogP contribution in [0.4, 0.5) is 0 Å². The van der Waals surface area contributed by atoms with E-state index in [9.17, 15) is 9.59 Å². The molecule has 1 heterocycles.